The number of carbonyl (C=O) groups is 2. The van der Waals surface area contributed by atoms with Crippen LogP contribution in [0, 0.1) is 0 Å². The molecule has 5 nitrogen and oxygen atoms in total. The van der Waals surface area contributed by atoms with Crippen LogP contribution < -0.4 is 16.4 Å². The highest BCUT2D eigenvalue weighted by Crippen LogP contribution is 2.33. The molecule has 1 atom stereocenters. The van der Waals surface area contributed by atoms with Crippen LogP contribution in [0.5, 0.6) is 0 Å². The van der Waals surface area contributed by atoms with E-state index >= 15 is 0 Å². The predicted molar refractivity (Wildman–Crippen MR) is 80.8 cm³/mol. The molecule has 2 aromatic rings. The average molecular weight is 281 g/mol. The Hall–Kier alpha value is -2.66. The van der Waals surface area contributed by atoms with E-state index in [0.717, 1.165) is 22.4 Å². The van der Waals surface area contributed by atoms with Crippen molar-refractivity contribution in [3.8, 4) is 11.1 Å². The van der Waals surface area contributed by atoms with Crippen molar-refractivity contribution >= 4 is 17.5 Å². The molecule has 0 radical (unpaired) electrons. The van der Waals surface area contributed by atoms with Crippen molar-refractivity contribution in [2.45, 2.75) is 6.04 Å². The zero-order valence-corrected chi connectivity index (χ0v) is 11.5. The Labute approximate surface area is 122 Å². The summed E-state index contributed by atoms with van der Waals surface area (Å²) >= 11 is 0. The van der Waals surface area contributed by atoms with E-state index in [1.165, 1.54) is 0 Å². The van der Waals surface area contributed by atoms with Crippen molar-refractivity contribution in [2.24, 2.45) is 5.73 Å². The molecule has 0 saturated carbocycles. The van der Waals surface area contributed by atoms with Gasteiger partial charge in [-0.15, -0.1) is 0 Å². The smallest absolute Gasteiger partial charge is 0.251 e. The second-order valence-electron chi connectivity index (χ2n) is 4.93. The zero-order chi connectivity index (χ0) is 15.0. The summed E-state index contributed by atoms with van der Waals surface area (Å²) in [6.45, 7) is 0. The molecule has 0 unspecified atom stereocenters. The number of fused-ring (bicyclic) bond motifs is 1. The molecule has 5 heteroatoms. The second kappa shape index (κ2) is 5.03. The maximum absolute atomic E-state index is 11.6. The number of carbonyl (C=O) groups excluding carboxylic acids is 2. The molecule has 3 rings (SSSR count). The standard InChI is InChI=1S/C16H15N3O2/c1-18-15(20)10-4-2-9(3-5-10)11-6-7-13-12(8-11)14(17)16(21)19-13/h2-8,14H,17H2,1H3,(H,18,20)(H,19,21)/t14-/m1/s1. The lowest BCUT2D eigenvalue weighted by molar-refractivity contribution is -0.116. The summed E-state index contributed by atoms with van der Waals surface area (Å²) in [5, 5.41) is 5.32. The van der Waals surface area contributed by atoms with Crippen LogP contribution in [0.15, 0.2) is 42.5 Å². The quantitative estimate of drug-likeness (QED) is 0.782. The van der Waals surface area contributed by atoms with Crippen LogP contribution in [0.25, 0.3) is 11.1 Å². The van der Waals surface area contributed by atoms with E-state index < -0.39 is 6.04 Å². The van der Waals surface area contributed by atoms with Crippen molar-refractivity contribution in [3.63, 3.8) is 0 Å². The number of hydrogen-bond acceptors (Lipinski definition) is 3. The minimum atomic E-state index is -0.620. The Bertz CT molecular complexity index is 723. The predicted octanol–water partition coefficient (Wildman–Crippen LogP) is 1.67. The molecule has 4 N–H and O–H groups in total. The summed E-state index contributed by atoms with van der Waals surface area (Å²) in [5.41, 5.74) is 9.95. The van der Waals surface area contributed by atoms with Gasteiger partial charge in [-0.1, -0.05) is 18.2 Å². The van der Waals surface area contributed by atoms with E-state index in [0.29, 0.717) is 5.56 Å². The van der Waals surface area contributed by atoms with Crippen LogP contribution in [0.2, 0.25) is 0 Å². The first kappa shape index (κ1) is 13.3. The van der Waals surface area contributed by atoms with Gasteiger partial charge in [0.1, 0.15) is 6.04 Å². The largest absolute Gasteiger partial charge is 0.355 e. The monoisotopic (exact) mass is 281 g/mol. The van der Waals surface area contributed by atoms with Gasteiger partial charge in [-0.05, 0) is 35.4 Å². The average Bonchev–Trinajstić information content (AvgIpc) is 2.81. The van der Waals surface area contributed by atoms with Gasteiger partial charge in [-0.2, -0.15) is 0 Å². The molecular formula is C16H15N3O2. The van der Waals surface area contributed by atoms with Crippen molar-refractivity contribution < 1.29 is 9.59 Å². The first-order valence-corrected chi connectivity index (χ1v) is 6.63. The van der Waals surface area contributed by atoms with Gasteiger partial charge in [-0.25, -0.2) is 0 Å². The fourth-order valence-corrected chi connectivity index (χ4v) is 2.42. The first-order valence-electron chi connectivity index (χ1n) is 6.63. The van der Waals surface area contributed by atoms with Gasteiger partial charge >= 0.3 is 0 Å². The van der Waals surface area contributed by atoms with Crippen LogP contribution in [0.4, 0.5) is 5.69 Å². The first-order chi connectivity index (χ1) is 10.1. The number of nitrogens with two attached hydrogens (primary N) is 1. The Balaban J connectivity index is 1.95. The summed E-state index contributed by atoms with van der Waals surface area (Å²) in [7, 11) is 1.60. The van der Waals surface area contributed by atoms with Crippen molar-refractivity contribution in [2.75, 3.05) is 12.4 Å². The van der Waals surface area contributed by atoms with Crippen LogP contribution >= 0.6 is 0 Å². The molecule has 1 aliphatic rings. The summed E-state index contributed by atoms with van der Waals surface area (Å²) in [4.78, 5) is 23.1. The third-order valence-electron chi connectivity index (χ3n) is 3.63. The van der Waals surface area contributed by atoms with Crippen LogP contribution in [-0.2, 0) is 4.79 Å². The molecule has 1 aliphatic heterocycles. The van der Waals surface area contributed by atoms with E-state index in [9.17, 15) is 9.59 Å². The van der Waals surface area contributed by atoms with Crippen molar-refractivity contribution in [1.82, 2.24) is 5.32 Å². The SMILES string of the molecule is CNC(=O)c1ccc(-c2ccc3c(c2)[C@@H](N)C(=O)N3)cc1. The third kappa shape index (κ3) is 2.28. The molecule has 0 spiro atoms. The van der Waals surface area contributed by atoms with Crippen molar-refractivity contribution in [3.05, 3.63) is 53.6 Å². The number of anilines is 1. The van der Waals surface area contributed by atoms with E-state index in [1.54, 1.807) is 19.2 Å². The van der Waals surface area contributed by atoms with E-state index in [4.69, 9.17) is 5.73 Å². The minimum Gasteiger partial charge on any atom is -0.355 e. The van der Waals surface area contributed by atoms with Crippen LogP contribution in [0.3, 0.4) is 0 Å². The van der Waals surface area contributed by atoms with Gasteiger partial charge in [0.2, 0.25) is 5.91 Å². The highest BCUT2D eigenvalue weighted by Gasteiger charge is 2.27. The fourth-order valence-electron chi connectivity index (χ4n) is 2.42. The van der Waals surface area contributed by atoms with Crippen LogP contribution in [0.1, 0.15) is 22.0 Å². The summed E-state index contributed by atoms with van der Waals surface area (Å²) in [6, 6.07) is 12.4. The summed E-state index contributed by atoms with van der Waals surface area (Å²) in [6.07, 6.45) is 0. The molecule has 21 heavy (non-hydrogen) atoms. The number of rotatable bonds is 2. The lowest BCUT2D eigenvalue weighted by Gasteiger charge is -2.07. The second-order valence-corrected chi connectivity index (χ2v) is 4.93. The molecule has 106 valence electrons. The van der Waals surface area contributed by atoms with E-state index in [2.05, 4.69) is 10.6 Å². The number of amides is 2. The highest BCUT2D eigenvalue weighted by molar-refractivity contribution is 6.03. The number of hydrogen-bond donors (Lipinski definition) is 3. The van der Waals surface area contributed by atoms with Gasteiger partial charge in [0.25, 0.3) is 5.91 Å². The molecule has 0 bridgehead atoms. The molecule has 0 fully saturated rings. The molecule has 2 amide bonds. The van der Waals surface area contributed by atoms with Crippen LogP contribution in [-0.4, -0.2) is 18.9 Å². The van der Waals surface area contributed by atoms with Gasteiger partial charge in [0.05, 0.1) is 0 Å². The van der Waals surface area contributed by atoms with E-state index in [1.807, 2.05) is 30.3 Å². The van der Waals surface area contributed by atoms with Gasteiger partial charge in [0.15, 0.2) is 0 Å². The number of nitrogens with one attached hydrogen (secondary N) is 2. The highest BCUT2D eigenvalue weighted by atomic mass is 16.2. The van der Waals surface area contributed by atoms with Gasteiger partial charge in [0, 0.05) is 23.9 Å². The molecular weight excluding hydrogens is 266 g/mol. The fraction of sp³-hybridized carbons (Fsp3) is 0.125. The summed E-state index contributed by atoms with van der Waals surface area (Å²) < 4.78 is 0. The lowest BCUT2D eigenvalue weighted by Crippen LogP contribution is -2.19. The van der Waals surface area contributed by atoms with E-state index in [-0.39, 0.29) is 11.8 Å². The zero-order valence-electron chi connectivity index (χ0n) is 11.5. The molecule has 0 saturated heterocycles. The maximum atomic E-state index is 11.6. The Morgan fingerprint density at radius 2 is 1.81 bits per heavy atom. The normalized spacial score (nSPS) is 16.3. The maximum Gasteiger partial charge on any atom is 0.251 e. The molecule has 0 aliphatic carbocycles. The topological polar surface area (TPSA) is 84.2 Å². The van der Waals surface area contributed by atoms with Gasteiger partial charge in [-0.3, -0.25) is 9.59 Å². The Kier molecular flexibility index (Phi) is 3.19. The van der Waals surface area contributed by atoms with Gasteiger partial charge < -0.3 is 16.4 Å². The lowest BCUT2D eigenvalue weighted by atomic mass is 9.99. The Morgan fingerprint density at radius 1 is 1.14 bits per heavy atom. The third-order valence-corrected chi connectivity index (χ3v) is 3.63. The Morgan fingerprint density at radius 3 is 2.48 bits per heavy atom. The van der Waals surface area contributed by atoms with Crippen molar-refractivity contribution in [1.29, 1.82) is 0 Å². The summed E-state index contributed by atoms with van der Waals surface area (Å²) in [5.74, 6) is -0.301. The molecule has 2 aromatic carbocycles. The molecule has 0 aromatic heterocycles. The minimum absolute atomic E-state index is 0.118. The number of benzene rings is 2. The molecule has 1 heterocycles.